The maximum Gasteiger partial charge on any atom is 0.163 e. The maximum atomic E-state index is 11.9. The number of Topliss-reactive ketones (excluding diaryl/α,β-unsaturated/α-hetero) is 2. The summed E-state index contributed by atoms with van der Waals surface area (Å²) < 4.78 is 0. The zero-order valence-electron chi connectivity index (χ0n) is 10.1. The Labute approximate surface area is 96.7 Å². The standard InChI is InChI=1S/C14H18O2/c1-10(2)13(11(3)15)9-14(16)12-7-5-4-6-8-12/h4-8,10,13H,9H2,1-3H3. The van der Waals surface area contributed by atoms with Crippen LogP contribution in [0.25, 0.3) is 0 Å². The van der Waals surface area contributed by atoms with Crippen LogP contribution in [0, 0.1) is 11.8 Å². The van der Waals surface area contributed by atoms with Gasteiger partial charge in [-0.25, -0.2) is 0 Å². The summed E-state index contributed by atoms with van der Waals surface area (Å²) in [4.78, 5) is 23.3. The molecular weight excluding hydrogens is 200 g/mol. The Kier molecular flexibility index (Phi) is 4.41. The smallest absolute Gasteiger partial charge is 0.163 e. The molecule has 0 spiro atoms. The first-order valence-corrected chi connectivity index (χ1v) is 5.61. The highest BCUT2D eigenvalue weighted by Gasteiger charge is 2.22. The van der Waals surface area contributed by atoms with Gasteiger partial charge in [0.15, 0.2) is 5.78 Å². The molecule has 2 heteroatoms. The molecule has 0 saturated carbocycles. The lowest BCUT2D eigenvalue weighted by Crippen LogP contribution is -2.21. The van der Waals surface area contributed by atoms with Crippen molar-refractivity contribution >= 4 is 11.6 Å². The topological polar surface area (TPSA) is 34.1 Å². The van der Waals surface area contributed by atoms with E-state index in [2.05, 4.69) is 0 Å². The largest absolute Gasteiger partial charge is 0.300 e. The molecule has 0 heterocycles. The minimum atomic E-state index is -0.160. The highest BCUT2D eigenvalue weighted by Crippen LogP contribution is 2.19. The van der Waals surface area contributed by atoms with E-state index in [-0.39, 0.29) is 23.4 Å². The molecule has 0 aliphatic carbocycles. The fourth-order valence-electron chi connectivity index (χ4n) is 1.79. The Hall–Kier alpha value is -1.44. The van der Waals surface area contributed by atoms with Crippen molar-refractivity contribution in [1.82, 2.24) is 0 Å². The molecule has 0 aliphatic rings. The second kappa shape index (κ2) is 5.59. The predicted octanol–water partition coefficient (Wildman–Crippen LogP) is 3.12. The van der Waals surface area contributed by atoms with Crippen LogP contribution in [0.2, 0.25) is 0 Å². The minimum absolute atomic E-state index is 0.0505. The SMILES string of the molecule is CC(=O)C(CC(=O)c1ccccc1)C(C)C. The van der Waals surface area contributed by atoms with Gasteiger partial charge in [0.1, 0.15) is 5.78 Å². The first-order valence-electron chi connectivity index (χ1n) is 5.61. The van der Waals surface area contributed by atoms with Crippen molar-refractivity contribution in [2.75, 3.05) is 0 Å². The highest BCUT2D eigenvalue weighted by atomic mass is 16.1. The number of hydrogen-bond donors (Lipinski definition) is 0. The normalized spacial score (nSPS) is 12.5. The number of benzene rings is 1. The molecule has 0 saturated heterocycles. The maximum absolute atomic E-state index is 11.9. The Balaban J connectivity index is 2.74. The molecule has 2 nitrogen and oxygen atoms in total. The highest BCUT2D eigenvalue weighted by molar-refractivity contribution is 5.98. The van der Waals surface area contributed by atoms with Crippen LogP contribution in [0.5, 0.6) is 0 Å². The average Bonchev–Trinajstić information content (AvgIpc) is 2.25. The third-order valence-corrected chi connectivity index (χ3v) is 2.83. The van der Waals surface area contributed by atoms with Gasteiger partial charge in [0.2, 0.25) is 0 Å². The van der Waals surface area contributed by atoms with E-state index in [4.69, 9.17) is 0 Å². The van der Waals surface area contributed by atoms with Crippen LogP contribution in [-0.4, -0.2) is 11.6 Å². The van der Waals surface area contributed by atoms with E-state index >= 15 is 0 Å². The molecule has 0 fully saturated rings. The van der Waals surface area contributed by atoms with E-state index in [1.54, 1.807) is 19.1 Å². The summed E-state index contributed by atoms with van der Waals surface area (Å²) in [5.74, 6) is 0.201. The Morgan fingerprint density at radius 1 is 1.12 bits per heavy atom. The van der Waals surface area contributed by atoms with Crippen molar-refractivity contribution in [3.05, 3.63) is 35.9 Å². The van der Waals surface area contributed by atoms with Crippen molar-refractivity contribution < 1.29 is 9.59 Å². The zero-order valence-corrected chi connectivity index (χ0v) is 10.1. The second-order valence-corrected chi connectivity index (χ2v) is 4.45. The molecule has 0 radical (unpaired) electrons. The molecule has 1 aromatic rings. The fraction of sp³-hybridized carbons (Fsp3) is 0.429. The van der Waals surface area contributed by atoms with Gasteiger partial charge in [-0.15, -0.1) is 0 Å². The minimum Gasteiger partial charge on any atom is -0.300 e. The number of rotatable bonds is 5. The molecule has 0 amide bonds. The number of carbonyl (C=O) groups excluding carboxylic acids is 2. The number of carbonyl (C=O) groups is 2. The molecule has 0 bridgehead atoms. The van der Waals surface area contributed by atoms with Crippen LogP contribution in [0.4, 0.5) is 0 Å². The summed E-state index contributed by atoms with van der Waals surface area (Å²) in [5, 5.41) is 0. The van der Waals surface area contributed by atoms with Crippen LogP contribution in [0.1, 0.15) is 37.6 Å². The van der Waals surface area contributed by atoms with Gasteiger partial charge in [-0.3, -0.25) is 9.59 Å². The third kappa shape index (κ3) is 3.30. The Bertz CT molecular complexity index is 366. The van der Waals surface area contributed by atoms with Crippen LogP contribution < -0.4 is 0 Å². The van der Waals surface area contributed by atoms with Gasteiger partial charge in [0.25, 0.3) is 0 Å². The lowest BCUT2D eigenvalue weighted by atomic mass is 9.86. The van der Waals surface area contributed by atoms with Crippen molar-refractivity contribution in [2.45, 2.75) is 27.2 Å². The van der Waals surface area contributed by atoms with Crippen LogP contribution in [0.3, 0.4) is 0 Å². The predicted molar refractivity (Wildman–Crippen MR) is 64.4 cm³/mol. The van der Waals surface area contributed by atoms with E-state index in [0.717, 1.165) is 0 Å². The summed E-state index contributed by atoms with van der Waals surface area (Å²) in [5.41, 5.74) is 0.689. The van der Waals surface area contributed by atoms with E-state index < -0.39 is 0 Å². The molecule has 1 rings (SSSR count). The van der Waals surface area contributed by atoms with E-state index in [9.17, 15) is 9.59 Å². The van der Waals surface area contributed by atoms with Gasteiger partial charge in [-0.1, -0.05) is 44.2 Å². The Morgan fingerprint density at radius 2 is 1.69 bits per heavy atom. The van der Waals surface area contributed by atoms with Crippen LogP contribution in [-0.2, 0) is 4.79 Å². The molecule has 16 heavy (non-hydrogen) atoms. The van der Waals surface area contributed by atoms with E-state index in [1.165, 1.54) is 0 Å². The van der Waals surface area contributed by atoms with Gasteiger partial charge < -0.3 is 0 Å². The lowest BCUT2D eigenvalue weighted by molar-refractivity contribution is -0.121. The second-order valence-electron chi connectivity index (χ2n) is 4.45. The summed E-state index contributed by atoms with van der Waals surface area (Å²) in [6.45, 7) is 5.51. The third-order valence-electron chi connectivity index (χ3n) is 2.83. The van der Waals surface area contributed by atoms with Crippen LogP contribution >= 0.6 is 0 Å². The lowest BCUT2D eigenvalue weighted by Gasteiger charge is -2.16. The van der Waals surface area contributed by atoms with Crippen molar-refractivity contribution in [3.63, 3.8) is 0 Å². The number of hydrogen-bond acceptors (Lipinski definition) is 2. The van der Waals surface area contributed by atoms with Gasteiger partial charge in [0, 0.05) is 17.9 Å². The molecule has 1 aromatic carbocycles. The molecule has 86 valence electrons. The summed E-state index contributed by atoms with van der Waals surface area (Å²) in [6, 6.07) is 9.14. The van der Waals surface area contributed by atoms with Crippen molar-refractivity contribution in [2.24, 2.45) is 11.8 Å². The molecule has 0 aromatic heterocycles. The molecular formula is C14H18O2. The Morgan fingerprint density at radius 3 is 2.12 bits per heavy atom. The first-order chi connectivity index (χ1) is 7.52. The van der Waals surface area contributed by atoms with Gasteiger partial charge in [-0.05, 0) is 12.8 Å². The van der Waals surface area contributed by atoms with Crippen molar-refractivity contribution in [1.29, 1.82) is 0 Å². The summed E-state index contributed by atoms with van der Waals surface area (Å²) in [6.07, 6.45) is 0.316. The van der Waals surface area contributed by atoms with Gasteiger partial charge in [0.05, 0.1) is 0 Å². The molecule has 0 N–H and O–H groups in total. The fourth-order valence-corrected chi connectivity index (χ4v) is 1.79. The quantitative estimate of drug-likeness (QED) is 0.711. The van der Waals surface area contributed by atoms with Gasteiger partial charge in [-0.2, -0.15) is 0 Å². The monoisotopic (exact) mass is 218 g/mol. The number of ketones is 2. The average molecular weight is 218 g/mol. The first kappa shape index (κ1) is 12.6. The molecule has 1 atom stereocenters. The van der Waals surface area contributed by atoms with E-state index in [0.29, 0.717) is 12.0 Å². The molecule has 1 unspecified atom stereocenters. The van der Waals surface area contributed by atoms with E-state index in [1.807, 2.05) is 32.0 Å². The van der Waals surface area contributed by atoms with Crippen molar-refractivity contribution in [3.8, 4) is 0 Å². The zero-order chi connectivity index (χ0) is 12.1. The van der Waals surface area contributed by atoms with Gasteiger partial charge >= 0.3 is 0 Å². The summed E-state index contributed by atoms with van der Waals surface area (Å²) >= 11 is 0. The molecule has 0 aliphatic heterocycles. The van der Waals surface area contributed by atoms with Crippen LogP contribution in [0.15, 0.2) is 30.3 Å². The summed E-state index contributed by atoms with van der Waals surface area (Å²) in [7, 11) is 0.